The molecule has 3 aliphatic rings. The van der Waals surface area contributed by atoms with Gasteiger partial charge in [0.1, 0.15) is 12.2 Å². The van der Waals surface area contributed by atoms with Crippen LogP contribution in [0.1, 0.15) is 84.5 Å². The minimum absolute atomic E-state index is 0.000687. The van der Waals surface area contributed by atoms with Crippen LogP contribution in [-0.2, 0) is 23.9 Å². The molecule has 0 aromatic rings. The van der Waals surface area contributed by atoms with Crippen LogP contribution in [0.15, 0.2) is 0 Å². The standard InChI is InChI=1S/C21H37NO5/c1-3-5-6-7-8-9-10-11-12-13-14-18-19-21(20(23)24-4-2)17(15-25-19)16-26-22(21)27-18/h17-19H,3-16H2,1-2H3/t17-,18+,19+,21+/m0/s1. The van der Waals surface area contributed by atoms with Crippen molar-refractivity contribution in [3.63, 3.8) is 0 Å². The molecule has 0 saturated carbocycles. The Hall–Kier alpha value is -0.690. The van der Waals surface area contributed by atoms with Crippen LogP contribution in [0.4, 0.5) is 0 Å². The largest absolute Gasteiger partial charge is 0.464 e. The summed E-state index contributed by atoms with van der Waals surface area (Å²) < 4.78 is 11.3. The number of carbonyl (C=O) groups excluding carboxylic acids is 1. The van der Waals surface area contributed by atoms with E-state index < -0.39 is 5.54 Å². The van der Waals surface area contributed by atoms with Crippen LogP contribution in [-0.4, -0.2) is 48.8 Å². The van der Waals surface area contributed by atoms with Crippen LogP contribution in [0.3, 0.4) is 0 Å². The fraction of sp³-hybridized carbons (Fsp3) is 0.952. The Morgan fingerprint density at radius 3 is 2.33 bits per heavy atom. The van der Waals surface area contributed by atoms with E-state index in [1.807, 2.05) is 6.92 Å². The molecule has 6 nitrogen and oxygen atoms in total. The van der Waals surface area contributed by atoms with Gasteiger partial charge in [-0.2, -0.15) is 0 Å². The van der Waals surface area contributed by atoms with Crippen LogP contribution in [0.2, 0.25) is 0 Å². The highest BCUT2D eigenvalue weighted by Gasteiger charge is 2.73. The molecule has 0 aromatic carbocycles. The Kier molecular flexibility index (Phi) is 7.94. The van der Waals surface area contributed by atoms with Crippen molar-refractivity contribution in [1.29, 1.82) is 0 Å². The zero-order valence-electron chi connectivity index (χ0n) is 17.1. The summed E-state index contributed by atoms with van der Waals surface area (Å²) in [5, 5.41) is 1.41. The van der Waals surface area contributed by atoms with Gasteiger partial charge >= 0.3 is 5.97 Å². The lowest BCUT2D eigenvalue weighted by Gasteiger charge is -2.27. The molecule has 27 heavy (non-hydrogen) atoms. The van der Waals surface area contributed by atoms with E-state index in [0.29, 0.717) is 19.8 Å². The molecule has 0 aromatic heterocycles. The third-order valence-electron chi connectivity index (χ3n) is 6.24. The first kappa shape index (κ1) is 21.0. The lowest BCUT2D eigenvalue weighted by molar-refractivity contribution is -0.355. The van der Waals surface area contributed by atoms with E-state index in [-0.39, 0.29) is 24.1 Å². The molecular formula is C21H37NO5. The Morgan fingerprint density at radius 1 is 1.00 bits per heavy atom. The number of rotatable bonds is 13. The van der Waals surface area contributed by atoms with Gasteiger partial charge in [0.15, 0.2) is 0 Å². The van der Waals surface area contributed by atoms with E-state index >= 15 is 0 Å². The van der Waals surface area contributed by atoms with Gasteiger partial charge < -0.3 is 9.47 Å². The number of hydrogen-bond acceptors (Lipinski definition) is 6. The van der Waals surface area contributed by atoms with Crippen molar-refractivity contribution >= 4 is 5.97 Å². The molecule has 0 radical (unpaired) electrons. The molecule has 3 fully saturated rings. The number of unbranched alkanes of at least 4 members (excludes halogenated alkanes) is 9. The van der Waals surface area contributed by atoms with Crippen LogP contribution in [0, 0.1) is 5.92 Å². The maximum atomic E-state index is 12.7. The van der Waals surface area contributed by atoms with Gasteiger partial charge in [0.2, 0.25) is 5.54 Å². The normalized spacial score (nSPS) is 32.1. The number of hydroxylamine groups is 2. The van der Waals surface area contributed by atoms with E-state index in [1.165, 1.54) is 63.0 Å². The lowest BCUT2D eigenvalue weighted by Crippen LogP contribution is -2.55. The van der Waals surface area contributed by atoms with Crippen LogP contribution in [0.25, 0.3) is 0 Å². The Labute approximate surface area is 163 Å². The monoisotopic (exact) mass is 383 g/mol. The van der Waals surface area contributed by atoms with E-state index in [2.05, 4.69) is 6.92 Å². The quantitative estimate of drug-likeness (QED) is 0.351. The number of hydrogen-bond donors (Lipinski definition) is 0. The zero-order valence-corrected chi connectivity index (χ0v) is 17.1. The number of carbonyl (C=O) groups is 1. The van der Waals surface area contributed by atoms with E-state index in [1.54, 1.807) is 0 Å². The second kappa shape index (κ2) is 10.2. The highest BCUT2D eigenvalue weighted by atomic mass is 17.0. The summed E-state index contributed by atoms with van der Waals surface area (Å²) in [6.45, 7) is 5.44. The predicted octanol–water partition coefficient (Wildman–Crippen LogP) is 4.18. The summed E-state index contributed by atoms with van der Waals surface area (Å²) in [6.07, 6.45) is 13.6. The smallest absolute Gasteiger partial charge is 0.334 e. The lowest BCUT2D eigenvalue weighted by atomic mass is 9.81. The average Bonchev–Trinajstić information content (AvgIpc) is 3.30. The second-order valence-electron chi connectivity index (χ2n) is 8.16. The minimum Gasteiger partial charge on any atom is -0.464 e. The highest BCUT2D eigenvalue weighted by molar-refractivity contribution is 5.83. The van der Waals surface area contributed by atoms with Crippen LogP contribution in [0.5, 0.6) is 0 Å². The summed E-state index contributed by atoms with van der Waals surface area (Å²) in [4.78, 5) is 24.3. The maximum Gasteiger partial charge on any atom is 0.334 e. The molecule has 0 unspecified atom stereocenters. The third kappa shape index (κ3) is 4.34. The number of nitrogens with zero attached hydrogens (tertiary/aromatic N) is 1. The molecule has 3 rings (SSSR count). The summed E-state index contributed by atoms with van der Waals surface area (Å²) in [5.74, 6) is -0.264. The SMILES string of the molecule is CCCCCCCCCCCC[C@H]1ON2OC[C@@H]3CO[C@H]1[C@@]32C(=O)OCC. The predicted molar refractivity (Wildman–Crippen MR) is 102 cm³/mol. The van der Waals surface area contributed by atoms with Gasteiger partial charge in [0.05, 0.1) is 19.8 Å². The Morgan fingerprint density at radius 2 is 1.67 bits per heavy atom. The molecule has 0 N–H and O–H groups in total. The van der Waals surface area contributed by atoms with Gasteiger partial charge in [0, 0.05) is 5.92 Å². The van der Waals surface area contributed by atoms with Crippen molar-refractivity contribution < 1.29 is 23.9 Å². The fourth-order valence-electron chi connectivity index (χ4n) is 4.73. The summed E-state index contributed by atoms with van der Waals surface area (Å²) in [5.41, 5.74) is -0.890. The molecule has 3 saturated heterocycles. The third-order valence-corrected chi connectivity index (χ3v) is 6.24. The van der Waals surface area contributed by atoms with Gasteiger partial charge in [-0.1, -0.05) is 71.1 Å². The first-order chi connectivity index (χ1) is 13.2. The van der Waals surface area contributed by atoms with Crippen LogP contribution >= 0.6 is 0 Å². The van der Waals surface area contributed by atoms with Crippen molar-refractivity contribution in [1.82, 2.24) is 5.23 Å². The van der Waals surface area contributed by atoms with Crippen molar-refractivity contribution in [3.05, 3.63) is 0 Å². The summed E-state index contributed by atoms with van der Waals surface area (Å²) in [7, 11) is 0. The van der Waals surface area contributed by atoms with Crippen molar-refractivity contribution in [2.45, 2.75) is 102 Å². The molecule has 3 aliphatic heterocycles. The van der Waals surface area contributed by atoms with Gasteiger partial charge in [-0.25, -0.2) is 4.79 Å². The topological polar surface area (TPSA) is 57.2 Å². The molecule has 6 heteroatoms. The molecule has 156 valence electrons. The minimum atomic E-state index is -0.890. The molecular weight excluding hydrogens is 346 g/mol. The highest BCUT2D eigenvalue weighted by Crippen LogP contribution is 2.50. The van der Waals surface area contributed by atoms with Crippen molar-refractivity contribution in [2.75, 3.05) is 19.8 Å². The zero-order chi connectivity index (χ0) is 19.1. The van der Waals surface area contributed by atoms with Crippen molar-refractivity contribution in [3.8, 4) is 0 Å². The second-order valence-corrected chi connectivity index (χ2v) is 8.16. The molecule has 0 aliphatic carbocycles. The van der Waals surface area contributed by atoms with Gasteiger partial charge in [0.25, 0.3) is 0 Å². The van der Waals surface area contributed by atoms with E-state index in [4.69, 9.17) is 19.1 Å². The van der Waals surface area contributed by atoms with Crippen molar-refractivity contribution in [2.24, 2.45) is 5.92 Å². The molecule has 4 atom stereocenters. The maximum absolute atomic E-state index is 12.7. The van der Waals surface area contributed by atoms with Crippen LogP contribution < -0.4 is 0 Å². The van der Waals surface area contributed by atoms with E-state index in [0.717, 1.165) is 12.8 Å². The Bertz CT molecular complexity index is 473. The van der Waals surface area contributed by atoms with Gasteiger partial charge in [-0.15, -0.1) is 0 Å². The van der Waals surface area contributed by atoms with Gasteiger partial charge in [-0.05, 0) is 18.6 Å². The number of ether oxygens (including phenoxy) is 2. The molecule has 0 bridgehead atoms. The summed E-state index contributed by atoms with van der Waals surface area (Å²) in [6, 6.07) is 0. The fourth-order valence-corrected chi connectivity index (χ4v) is 4.73. The molecule has 0 spiro atoms. The first-order valence-electron chi connectivity index (χ1n) is 11.1. The Balaban J connectivity index is 1.37. The van der Waals surface area contributed by atoms with Gasteiger partial charge in [-0.3, -0.25) is 9.68 Å². The summed E-state index contributed by atoms with van der Waals surface area (Å²) >= 11 is 0. The van der Waals surface area contributed by atoms with E-state index in [9.17, 15) is 4.79 Å². The number of esters is 1. The molecule has 0 amide bonds. The first-order valence-corrected chi connectivity index (χ1v) is 11.1. The molecule has 3 heterocycles. The average molecular weight is 384 g/mol.